The summed E-state index contributed by atoms with van der Waals surface area (Å²) in [5.74, 6) is 2.53. The van der Waals surface area contributed by atoms with Crippen LogP contribution in [0.15, 0.2) is 26.1 Å². The first-order valence-electron chi connectivity index (χ1n) is 2.11. The van der Waals surface area contributed by atoms with Crippen LogP contribution in [0.5, 0.6) is 0 Å². The van der Waals surface area contributed by atoms with Crippen molar-refractivity contribution in [3.63, 3.8) is 0 Å². The van der Waals surface area contributed by atoms with Crippen LogP contribution in [-0.2, 0) is 0 Å². The van der Waals surface area contributed by atoms with Crippen molar-refractivity contribution in [1.29, 1.82) is 0 Å². The molecule has 1 rings (SSSR count). The summed E-state index contributed by atoms with van der Waals surface area (Å²) >= 11 is 0. The summed E-state index contributed by atoms with van der Waals surface area (Å²) in [6.07, 6.45) is 1.27. The fraction of sp³-hybridized carbons (Fsp3) is 0.250. The van der Waals surface area contributed by atoms with Crippen LogP contribution in [0.1, 0.15) is 6.92 Å². The molecule has 0 radical (unpaired) electrons. The molecule has 0 fully saturated rings. The van der Waals surface area contributed by atoms with Gasteiger partial charge in [0.05, 0.1) is 0 Å². The summed E-state index contributed by atoms with van der Waals surface area (Å²) in [6, 6.07) is 0. The van der Waals surface area contributed by atoms with Crippen molar-refractivity contribution in [2.45, 2.75) is 6.92 Å². The molecule has 0 aromatic carbocycles. The van der Waals surface area contributed by atoms with E-state index in [0.29, 0.717) is 5.70 Å². The molecular weight excluding hydrogens is 104 g/mol. The highest BCUT2D eigenvalue weighted by Crippen LogP contribution is 1.89. The smallest absolute Gasteiger partial charge is 0.144 e. The second-order valence-corrected chi connectivity index (χ2v) is 1.24. The number of nitrogens with zero attached hydrogens (tertiary/aromatic N) is 4. The first-order valence-corrected chi connectivity index (χ1v) is 2.11. The van der Waals surface area contributed by atoms with Gasteiger partial charge >= 0.3 is 0 Å². The van der Waals surface area contributed by atoms with Crippen LogP contribution in [0.3, 0.4) is 0 Å². The van der Waals surface area contributed by atoms with Crippen molar-refractivity contribution in [3.05, 3.63) is 5.70 Å². The molecule has 1 aliphatic rings. The van der Waals surface area contributed by atoms with Crippen LogP contribution in [0.4, 0.5) is 0 Å². The van der Waals surface area contributed by atoms with E-state index >= 15 is 0 Å². The number of allylic oxidation sites excluding steroid dienone is 1. The van der Waals surface area contributed by atoms with Crippen LogP contribution in [-0.4, -0.2) is 12.2 Å². The van der Waals surface area contributed by atoms with Gasteiger partial charge in [0, 0.05) is 5.87 Å². The van der Waals surface area contributed by atoms with Gasteiger partial charge in [-0.3, -0.25) is 0 Å². The Morgan fingerprint density at radius 2 is 2.50 bits per heavy atom. The number of hydrogen-bond donors (Lipinski definition) is 0. The normalized spacial score (nSPS) is 15.9. The van der Waals surface area contributed by atoms with E-state index in [1.54, 1.807) is 6.92 Å². The van der Waals surface area contributed by atoms with E-state index in [9.17, 15) is 0 Å². The summed E-state index contributed by atoms with van der Waals surface area (Å²) in [5.41, 5.74) is 0.641. The van der Waals surface area contributed by atoms with Crippen molar-refractivity contribution in [2.75, 3.05) is 0 Å². The van der Waals surface area contributed by atoms with Crippen molar-refractivity contribution >= 4 is 12.2 Å². The molecule has 0 spiro atoms. The fourth-order valence-corrected chi connectivity index (χ4v) is 0.285. The molecule has 0 saturated heterocycles. The molecule has 0 aromatic rings. The van der Waals surface area contributed by atoms with Gasteiger partial charge in [-0.25, -0.2) is 0 Å². The minimum atomic E-state index is 0.641. The number of hydrogen-bond acceptors (Lipinski definition) is 4. The Bertz CT molecular complexity index is 194. The van der Waals surface area contributed by atoms with Gasteiger partial charge in [0.15, 0.2) is 6.34 Å². The average molecular weight is 108 g/mol. The SMILES string of the molecule is CC1=C=NN=CN=N1. The highest BCUT2D eigenvalue weighted by Gasteiger charge is 1.79. The van der Waals surface area contributed by atoms with Crippen LogP contribution < -0.4 is 0 Å². The molecule has 0 aliphatic carbocycles. The van der Waals surface area contributed by atoms with E-state index in [-0.39, 0.29) is 0 Å². The van der Waals surface area contributed by atoms with Gasteiger partial charge in [0.1, 0.15) is 5.70 Å². The fourth-order valence-electron chi connectivity index (χ4n) is 0.285. The third-order valence-electron chi connectivity index (χ3n) is 0.581. The number of rotatable bonds is 0. The Morgan fingerprint density at radius 1 is 1.62 bits per heavy atom. The zero-order valence-corrected chi connectivity index (χ0v) is 4.37. The maximum atomic E-state index is 3.61. The van der Waals surface area contributed by atoms with Crippen molar-refractivity contribution in [1.82, 2.24) is 0 Å². The highest BCUT2D eigenvalue weighted by molar-refractivity contribution is 5.62. The molecule has 1 heterocycles. The highest BCUT2D eigenvalue weighted by atomic mass is 15.3. The third-order valence-corrected chi connectivity index (χ3v) is 0.581. The number of azo groups is 1. The lowest BCUT2D eigenvalue weighted by atomic mass is 10.6. The van der Waals surface area contributed by atoms with Gasteiger partial charge in [0.2, 0.25) is 0 Å². The van der Waals surface area contributed by atoms with Gasteiger partial charge < -0.3 is 0 Å². The lowest BCUT2D eigenvalue weighted by Gasteiger charge is -1.72. The molecule has 0 N–H and O–H groups in total. The largest absolute Gasteiger partial charge is 0.161 e. The lowest BCUT2D eigenvalue weighted by molar-refractivity contribution is 1.19. The minimum Gasteiger partial charge on any atom is -0.144 e. The molecule has 0 atom stereocenters. The van der Waals surface area contributed by atoms with Crippen molar-refractivity contribution in [2.24, 2.45) is 20.4 Å². The van der Waals surface area contributed by atoms with E-state index in [1.165, 1.54) is 6.34 Å². The summed E-state index contributed by atoms with van der Waals surface area (Å²) in [4.78, 5) is 0. The topological polar surface area (TPSA) is 49.4 Å². The summed E-state index contributed by atoms with van der Waals surface area (Å²) < 4.78 is 0. The van der Waals surface area contributed by atoms with Crippen LogP contribution in [0.25, 0.3) is 0 Å². The second-order valence-electron chi connectivity index (χ2n) is 1.24. The monoisotopic (exact) mass is 108 g/mol. The Morgan fingerprint density at radius 3 is 3.38 bits per heavy atom. The molecule has 0 saturated carbocycles. The summed E-state index contributed by atoms with van der Waals surface area (Å²) in [6.45, 7) is 1.75. The molecule has 4 heteroatoms. The maximum Gasteiger partial charge on any atom is 0.161 e. The van der Waals surface area contributed by atoms with Gasteiger partial charge in [0.25, 0.3) is 0 Å². The Hall–Kier alpha value is -1.28. The molecule has 0 amide bonds. The van der Waals surface area contributed by atoms with Gasteiger partial charge in [-0.1, -0.05) is 0 Å². The minimum absolute atomic E-state index is 0.641. The first-order chi connectivity index (χ1) is 3.89. The molecule has 4 nitrogen and oxygen atoms in total. The molecule has 0 bridgehead atoms. The quantitative estimate of drug-likeness (QED) is 0.444. The van der Waals surface area contributed by atoms with E-state index in [4.69, 9.17) is 0 Å². The second kappa shape index (κ2) is 2.14. The maximum absolute atomic E-state index is 3.61. The summed E-state index contributed by atoms with van der Waals surface area (Å²) in [5, 5.41) is 14.0. The van der Waals surface area contributed by atoms with Gasteiger partial charge in [-0.15, -0.1) is 20.4 Å². The molecule has 40 valence electrons. The standard InChI is InChI=1S/C4H4N4/c1-4-2-5-6-3-7-8-4/h3H,1H3. The van der Waals surface area contributed by atoms with Gasteiger partial charge in [-0.2, -0.15) is 0 Å². The molecule has 0 aromatic heterocycles. The Balaban J connectivity index is 2.95. The Labute approximate surface area is 46.3 Å². The molecule has 0 unspecified atom stereocenters. The predicted molar refractivity (Wildman–Crippen MR) is 30.0 cm³/mol. The third kappa shape index (κ3) is 1.10. The summed E-state index contributed by atoms with van der Waals surface area (Å²) in [7, 11) is 0. The predicted octanol–water partition coefficient (Wildman–Crippen LogP) is 0.969. The zero-order valence-electron chi connectivity index (χ0n) is 4.37. The van der Waals surface area contributed by atoms with E-state index in [1.807, 2.05) is 0 Å². The van der Waals surface area contributed by atoms with E-state index in [0.717, 1.165) is 0 Å². The Kier molecular flexibility index (Phi) is 1.30. The van der Waals surface area contributed by atoms with Crippen LogP contribution in [0.2, 0.25) is 0 Å². The van der Waals surface area contributed by atoms with E-state index in [2.05, 4.69) is 26.3 Å². The van der Waals surface area contributed by atoms with Crippen molar-refractivity contribution < 1.29 is 0 Å². The van der Waals surface area contributed by atoms with Crippen molar-refractivity contribution in [3.8, 4) is 0 Å². The lowest BCUT2D eigenvalue weighted by Crippen LogP contribution is -1.62. The molecule has 8 heavy (non-hydrogen) atoms. The molecular formula is C4H4N4. The zero-order chi connectivity index (χ0) is 5.82. The molecule has 1 aliphatic heterocycles. The first kappa shape index (κ1) is 4.87. The van der Waals surface area contributed by atoms with Gasteiger partial charge in [-0.05, 0) is 6.92 Å². The van der Waals surface area contributed by atoms with Crippen LogP contribution >= 0.6 is 0 Å². The van der Waals surface area contributed by atoms with E-state index < -0.39 is 0 Å². The average Bonchev–Trinajstić information content (AvgIpc) is 1.94. The van der Waals surface area contributed by atoms with Crippen LogP contribution in [0, 0.1) is 0 Å².